The molecule has 0 spiro atoms. The Morgan fingerprint density at radius 1 is 1.46 bits per heavy atom. The number of hydrogen-bond donors (Lipinski definition) is 1. The van der Waals surface area contributed by atoms with E-state index < -0.39 is 11.9 Å². The highest BCUT2D eigenvalue weighted by atomic mass is 32.1. The third-order valence-electron chi connectivity index (χ3n) is 4.28. The maximum atomic E-state index is 12.8. The molecule has 0 amide bonds. The molecule has 0 radical (unpaired) electrons. The summed E-state index contributed by atoms with van der Waals surface area (Å²) in [6, 6.07) is 3.80. The molecule has 0 saturated heterocycles. The van der Waals surface area contributed by atoms with E-state index in [1.165, 1.54) is 11.3 Å². The number of hydrogen-bond acceptors (Lipinski definition) is 6. The van der Waals surface area contributed by atoms with Crippen molar-refractivity contribution in [1.29, 1.82) is 0 Å². The van der Waals surface area contributed by atoms with Crippen LogP contribution in [-0.4, -0.2) is 18.4 Å². The van der Waals surface area contributed by atoms with E-state index in [0.717, 1.165) is 4.88 Å². The summed E-state index contributed by atoms with van der Waals surface area (Å²) in [5, 5.41) is 1.92. The van der Waals surface area contributed by atoms with Crippen LogP contribution in [0, 0.1) is 5.41 Å². The van der Waals surface area contributed by atoms with Gasteiger partial charge in [-0.3, -0.25) is 4.79 Å². The first-order chi connectivity index (χ1) is 11.3. The molecule has 24 heavy (non-hydrogen) atoms. The van der Waals surface area contributed by atoms with E-state index in [1.807, 2.05) is 31.4 Å². The van der Waals surface area contributed by atoms with Gasteiger partial charge in [0.1, 0.15) is 11.3 Å². The first-order valence-electron chi connectivity index (χ1n) is 7.98. The lowest BCUT2D eigenvalue weighted by molar-refractivity contribution is -0.139. The number of ketones is 1. The van der Waals surface area contributed by atoms with Crippen molar-refractivity contribution in [2.24, 2.45) is 11.1 Å². The Hall–Kier alpha value is -2.08. The van der Waals surface area contributed by atoms with E-state index in [-0.39, 0.29) is 29.3 Å². The van der Waals surface area contributed by atoms with Crippen molar-refractivity contribution in [3.05, 3.63) is 45.2 Å². The van der Waals surface area contributed by atoms with Crippen LogP contribution in [0.15, 0.2) is 40.3 Å². The van der Waals surface area contributed by atoms with Gasteiger partial charge in [0.15, 0.2) is 5.78 Å². The molecule has 1 aromatic heterocycles. The average molecular weight is 347 g/mol. The molecule has 5 nitrogen and oxygen atoms in total. The van der Waals surface area contributed by atoms with Crippen molar-refractivity contribution >= 4 is 23.1 Å². The van der Waals surface area contributed by atoms with Gasteiger partial charge < -0.3 is 15.2 Å². The maximum Gasteiger partial charge on any atom is 0.340 e. The number of Topliss-reactive ketones (excluding diaryl/α,β-unsaturated/α-hetero) is 1. The predicted octanol–water partition coefficient (Wildman–Crippen LogP) is 3.24. The van der Waals surface area contributed by atoms with Gasteiger partial charge in [0.05, 0.1) is 12.5 Å². The van der Waals surface area contributed by atoms with Crippen molar-refractivity contribution in [2.45, 2.75) is 39.5 Å². The van der Waals surface area contributed by atoms with E-state index in [2.05, 4.69) is 0 Å². The van der Waals surface area contributed by atoms with Crippen molar-refractivity contribution < 1.29 is 19.1 Å². The second-order valence-corrected chi connectivity index (χ2v) is 7.81. The first kappa shape index (κ1) is 16.8. The highest BCUT2D eigenvalue weighted by molar-refractivity contribution is 7.10. The van der Waals surface area contributed by atoms with Crippen LogP contribution in [0.3, 0.4) is 0 Å². The standard InChI is InChI=1S/C18H21NO4S/c1-4-22-17(21)15-14(12-6-5-7-24-12)13-10(20)8-18(2,3)9-11(13)23-16(15)19/h5-7,14H,4,8-9,19H2,1-3H3/t14-/m0/s1. The number of thiophene rings is 1. The summed E-state index contributed by atoms with van der Waals surface area (Å²) in [7, 11) is 0. The number of carbonyl (C=O) groups is 2. The van der Waals surface area contributed by atoms with Crippen LogP contribution in [0.1, 0.15) is 44.4 Å². The van der Waals surface area contributed by atoms with Gasteiger partial charge in [0.25, 0.3) is 0 Å². The second kappa shape index (κ2) is 6.09. The largest absolute Gasteiger partial charge is 0.462 e. The number of nitrogens with two attached hydrogens (primary N) is 1. The first-order valence-corrected chi connectivity index (χ1v) is 8.86. The van der Waals surface area contributed by atoms with Crippen molar-refractivity contribution in [2.75, 3.05) is 6.61 Å². The lowest BCUT2D eigenvalue weighted by Gasteiger charge is -2.37. The minimum Gasteiger partial charge on any atom is -0.462 e. The normalized spacial score (nSPS) is 23.0. The molecule has 2 heterocycles. The zero-order valence-electron chi connectivity index (χ0n) is 14.0. The summed E-state index contributed by atoms with van der Waals surface area (Å²) in [5.74, 6) is -0.403. The fourth-order valence-electron chi connectivity index (χ4n) is 3.33. The Balaban J connectivity index is 2.14. The van der Waals surface area contributed by atoms with Gasteiger partial charge in [0.2, 0.25) is 5.88 Å². The van der Waals surface area contributed by atoms with Crippen molar-refractivity contribution in [3.8, 4) is 0 Å². The highest BCUT2D eigenvalue weighted by Gasteiger charge is 2.45. The maximum absolute atomic E-state index is 12.8. The van der Waals surface area contributed by atoms with E-state index in [0.29, 0.717) is 24.2 Å². The molecular weight excluding hydrogens is 326 g/mol. The Morgan fingerprint density at radius 2 is 2.21 bits per heavy atom. The summed E-state index contributed by atoms with van der Waals surface area (Å²) in [4.78, 5) is 26.2. The number of rotatable bonds is 3. The number of ether oxygens (including phenoxy) is 2. The molecule has 3 rings (SSSR count). The summed E-state index contributed by atoms with van der Waals surface area (Å²) >= 11 is 1.49. The van der Waals surface area contributed by atoms with Gasteiger partial charge in [-0.05, 0) is 23.8 Å². The molecule has 0 aromatic carbocycles. The highest BCUT2D eigenvalue weighted by Crippen LogP contribution is 2.49. The number of carbonyl (C=O) groups excluding carboxylic acids is 2. The molecule has 0 unspecified atom stereocenters. The quantitative estimate of drug-likeness (QED) is 0.849. The Labute approximate surface area is 145 Å². The smallest absolute Gasteiger partial charge is 0.340 e. The van der Waals surface area contributed by atoms with Crippen molar-refractivity contribution in [1.82, 2.24) is 0 Å². The third kappa shape index (κ3) is 2.86. The van der Waals surface area contributed by atoms with Crippen LogP contribution in [0.25, 0.3) is 0 Å². The van der Waals surface area contributed by atoms with Crippen LogP contribution in [0.4, 0.5) is 0 Å². The van der Waals surface area contributed by atoms with E-state index in [1.54, 1.807) is 6.92 Å². The number of esters is 1. The van der Waals surface area contributed by atoms with Gasteiger partial charge in [-0.1, -0.05) is 19.9 Å². The number of allylic oxidation sites excluding steroid dienone is 2. The summed E-state index contributed by atoms with van der Waals surface area (Å²) in [6.07, 6.45) is 1.04. The molecule has 2 N–H and O–H groups in total. The van der Waals surface area contributed by atoms with E-state index >= 15 is 0 Å². The zero-order chi connectivity index (χ0) is 17.5. The molecule has 2 aliphatic rings. The molecule has 1 atom stereocenters. The Morgan fingerprint density at radius 3 is 2.83 bits per heavy atom. The fourth-order valence-corrected chi connectivity index (χ4v) is 4.18. The van der Waals surface area contributed by atoms with Gasteiger partial charge in [-0.25, -0.2) is 4.79 Å². The monoisotopic (exact) mass is 347 g/mol. The lowest BCUT2D eigenvalue weighted by atomic mass is 9.71. The molecule has 1 aromatic rings. The minimum atomic E-state index is -0.530. The lowest BCUT2D eigenvalue weighted by Crippen LogP contribution is -2.35. The SMILES string of the molecule is CCOC(=O)C1=C(N)OC2=C(C(=O)CC(C)(C)C2)[C@@H]1c1cccs1. The van der Waals surface area contributed by atoms with E-state index in [9.17, 15) is 9.59 Å². The molecule has 1 aliphatic heterocycles. The third-order valence-corrected chi connectivity index (χ3v) is 5.22. The minimum absolute atomic E-state index is 0.00829. The van der Waals surface area contributed by atoms with Crippen LogP contribution >= 0.6 is 11.3 Å². The molecule has 1 aliphatic carbocycles. The topological polar surface area (TPSA) is 78.6 Å². The van der Waals surface area contributed by atoms with Gasteiger partial charge in [0, 0.05) is 23.3 Å². The van der Waals surface area contributed by atoms with Crippen molar-refractivity contribution in [3.63, 3.8) is 0 Å². The molecule has 6 heteroatoms. The van der Waals surface area contributed by atoms with Gasteiger partial charge in [-0.2, -0.15) is 0 Å². The average Bonchev–Trinajstić information content (AvgIpc) is 2.98. The Bertz CT molecular complexity index is 743. The molecular formula is C18H21NO4S. The molecule has 0 saturated carbocycles. The van der Waals surface area contributed by atoms with Gasteiger partial charge >= 0.3 is 5.97 Å². The van der Waals surface area contributed by atoms with Crippen LogP contribution in [0.5, 0.6) is 0 Å². The zero-order valence-corrected chi connectivity index (χ0v) is 14.9. The van der Waals surface area contributed by atoms with Crippen LogP contribution in [-0.2, 0) is 19.1 Å². The second-order valence-electron chi connectivity index (χ2n) is 6.83. The molecule has 128 valence electrons. The fraction of sp³-hybridized carbons (Fsp3) is 0.444. The van der Waals surface area contributed by atoms with Gasteiger partial charge in [-0.15, -0.1) is 11.3 Å². The van der Waals surface area contributed by atoms with E-state index in [4.69, 9.17) is 15.2 Å². The van der Waals surface area contributed by atoms with Crippen LogP contribution in [0.2, 0.25) is 0 Å². The molecule has 0 bridgehead atoms. The Kier molecular flexibility index (Phi) is 4.25. The summed E-state index contributed by atoms with van der Waals surface area (Å²) in [5.41, 5.74) is 6.66. The summed E-state index contributed by atoms with van der Waals surface area (Å²) < 4.78 is 10.9. The molecule has 0 fully saturated rings. The van der Waals surface area contributed by atoms with Crippen LogP contribution < -0.4 is 5.73 Å². The predicted molar refractivity (Wildman–Crippen MR) is 91.0 cm³/mol. The summed E-state index contributed by atoms with van der Waals surface area (Å²) in [6.45, 7) is 6.02.